The van der Waals surface area contributed by atoms with E-state index in [2.05, 4.69) is 171 Å². The summed E-state index contributed by atoms with van der Waals surface area (Å²) in [5.41, 5.74) is 7.02. The van der Waals surface area contributed by atoms with Gasteiger partial charge in [-0.05, 0) is 73.6 Å². The number of thiophene rings is 1. The Morgan fingerprint density at radius 1 is 0.510 bits per heavy atom. The van der Waals surface area contributed by atoms with Crippen molar-refractivity contribution in [2.45, 2.75) is 19.4 Å². The summed E-state index contributed by atoms with van der Waals surface area (Å²) in [6.07, 6.45) is 0.920. The van der Waals surface area contributed by atoms with Crippen molar-refractivity contribution in [2.24, 2.45) is 15.9 Å². The van der Waals surface area contributed by atoms with Crippen LogP contribution in [0, 0.1) is 5.92 Å². The third-order valence-electron chi connectivity index (χ3n) is 10.7. The van der Waals surface area contributed by atoms with Gasteiger partial charge in [0.15, 0.2) is 5.84 Å². The van der Waals surface area contributed by atoms with Crippen LogP contribution in [0.15, 0.2) is 174 Å². The summed E-state index contributed by atoms with van der Waals surface area (Å²) in [6, 6.07) is 59.4. The molecule has 3 heteroatoms. The molecule has 0 saturated heterocycles. The Kier molecular flexibility index (Phi) is 7.14. The molecular weight excluding hydrogens is 637 g/mol. The Balaban J connectivity index is 1.21. The van der Waals surface area contributed by atoms with Crippen molar-refractivity contribution < 1.29 is 0 Å². The number of aliphatic imine (C=N–C) groups is 2. The van der Waals surface area contributed by atoms with Crippen LogP contribution in [-0.2, 0) is 0 Å². The van der Waals surface area contributed by atoms with Crippen molar-refractivity contribution in [1.29, 1.82) is 0 Å². The second kappa shape index (κ2) is 12.2. The second-order valence-electron chi connectivity index (χ2n) is 13.6. The molecule has 2 unspecified atom stereocenters. The van der Waals surface area contributed by atoms with Crippen molar-refractivity contribution in [1.82, 2.24) is 0 Å². The fourth-order valence-electron chi connectivity index (χ4n) is 8.16. The Labute approximate surface area is 301 Å². The maximum atomic E-state index is 5.63. The van der Waals surface area contributed by atoms with Crippen molar-refractivity contribution in [3.05, 3.63) is 180 Å². The zero-order valence-corrected chi connectivity index (χ0v) is 29.1. The highest BCUT2D eigenvalue weighted by atomic mass is 32.1. The van der Waals surface area contributed by atoms with Gasteiger partial charge in [0.25, 0.3) is 0 Å². The number of amidine groups is 1. The molecule has 0 aliphatic carbocycles. The predicted molar refractivity (Wildman–Crippen MR) is 220 cm³/mol. The number of hydrogen-bond donors (Lipinski definition) is 0. The number of hydrogen-bond acceptors (Lipinski definition) is 3. The van der Waals surface area contributed by atoms with Gasteiger partial charge >= 0.3 is 0 Å². The normalized spacial score (nSPS) is 16.3. The molecule has 0 spiro atoms. The number of nitrogens with zero attached hydrogens (tertiary/aromatic N) is 2. The molecule has 2 heterocycles. The molecule has 2 atom stereocenters. The van der Waals surface area contributed by atoms with Crippen molar-refractivity contribution in [3.63, 3.8) is 0 Å². The molecule has 0 saturated carbocycles. The Hall–Kier alpha value is -5.90. The maximum absolute atomic E-state index is 5.63. The van der Waals surface area contributed by atoms with Gasteiger partial charge in [0.05, 0.1) is 11.8 Å². The smallest absolute Gasteiger partial charge is 0.155 e. The van der Waals surface area contributed by atoms with E-state index < -0.39 is 0 Å². The highest BCUT2D eigenvalue weighted by Gasteiger charge is 2.34. The van der Waals surface area contributed by atoms with Crippen LogP contribution < -0.4 is 0 Å². The molecule has 0 bridgehead atoms. The van der Waals surface area contributed by atoms with Crippen molar-refractivity contribution >= 4 is 75.4 Å². The molecular formula is C48H34N2S. The summed E-state index contributed by atoms with van der Waals surface area (Å²) >= 11 is 1.89. The third-order valence-corrected chi connectivity index (χ3v) is 11.8. The lowest BCUT2D eigenvalue weighted by atomic mass is 9.80. The average molecular weight is 671 g/mol. The first-order valence-electron chi connectivity index (χ1n) is 17.8. The molecule has 1 aliphatic rings. The summed E-state index contributed by atoms with van der Waals surface area (Å²) in [5.74, 6) is 0.894. The van der Waals surface area contributed by atoms with Crippen molar-refractivity contribution in [3.8, 4) is 11.1 Å². The molecule has 0 fully saturated rings. The predicted octanol–water partition coefficient (Wildman–Crippen LogP) is 13.2. The molecule has 9 aromatic rings. The Morgan fingerprint density at radius 3 is 1.96 bits per heavy atom. The first-order chi connectivity index (χ1) is 25.2. The molecule has 0 amide bonds. The van der Waals surface area contributed by atoms with Gasteiger partial charge in [-0.3, -0.25) is 4.99 Å². The van der Waals surface area contributed by atoms with E-state index in [0.717, 1.165) is 23.5 Å². The molecule has 1 aromatic heterocycles. The zero-order valence-electron chi connectivity index (χ0n) is 28.3. The topological polar surface area (TPSA) is 24.7 Å². The highest BCUT2D eigenvalue weighted by molar-refractivity contribution is 7.26. The Bertz CT molecular complexity index is 2840. The first kappa shape index (κ1) is 30.0. The molecule has 51 heavy (non-hydrogen) atoms. The fourth-order valence-corrected chi connectivity index (χ4v) is 9.34. The minimum absolute atomic E-state index is 0.0606. The number of fused-ring (bicyclic) bond motifs is 7. The Morgan fingerprint density at radius 2 is 1.16 bits per heavy atom. The van der Waals surface area contributed by atoms with Gasteiger partial charge in [-0.25, -0.2) is 4.99 Å². The van der Waals surface area contributed by atoms with Gasteiger partial charge in [-0.1, -0.05) is 153 Å². The van der Waals surface area contributed by atoms with E-state index in [4.69, 9.17) is 9.98 Å². The third kappa shape index (κ3) is 4.99. The van der Waals surface area contributed by atoms with Crippen molar-refractivity contribution in [2.75, 3.05) is 0 Å². The zero-order chi connectivity index (χ0) is 33.9. The minimum atomic E-state index is -0.0606. The minimum Gasteiger partial charge on any atom is -0.257 e. The van der Waals surface area contributed by atoms with E-state index in [1.807, 2.05) is 11.3 Å². The van der Waals surface area contributed by atoms with Crippen LogP contribution in [0.2, 0.25) is 0 Å². The van der Waals surface area contributed by atoms with Crippen LogP contribution in [0.3, 0.4) is 0 Å². The molecule has 10 rings (SSSR count). The number of benzene rings is 8. The van der Waals surface area contributed by atoms with Crippen LogP contribution in [0.4, 0.5) is 0 Å². The van der Waals surface area contributed by atoms with Gasteiger partial charge in [0.2, 0.25) is 0 Å². The quantitative estimate of drug-likeness (QED) is 0.174. The van der Waals surface area contributed by atoms with Gasteiger partial charge in [0, 0.05) is 37.2 Å². The van der Waals surface area contributed by atoms with Crippen LogP contribution in [0.5, 0.6) is 0 Å². The molecule has 2 nitrogen and oxygen atoms in total. The van der Waals surface area contributed by atoms with Gasteiger partial charge in [-0.2, -0.15) is 0 Å². The van der Waals surface area contributed by atoms with E-state index in [1.165, 1.54) is 74.7 Å². The summed E-state index contributed by atoms with van der Waals surface area (Å²) in [6.45, 7) is 2.29. The lowest BCUT2D eigenvalue weighted by molar-refractivity contribution is 0.533. The van der Waals surface area contributed by atoms with Crippen LogP contribution in [0.1, 0.15) is 36.1 Å². The van der Waals surface area contributed by atoms with E-state index >= 15 is 0 Å². The van der Waals surface area contributed by atoms with Crippen LogP contribution in [-0.4, -0.2) is 11.5 Å². The van der Waals surface area contributed by atoms with E-state index in [-0.39, 0.29) is 12.0 Å². The summed E-state index contributed by atoms with van der Waals surface area (Å²) in [4.78, 5) is 11.1. The lowest BCUT2D eigenvalue weighted by Gasteiger charge is -2.31. The largest absolute Gasteiger partial charge is 0.257 e. The van der Waals surface area contributed by atoms with Crippen LogP contribution in [0.25, 0.3) is 63.6 Å². The van der Waals surface area contributed by atoms with E-state index in [0.29, 0.717) is 0 Å². The highest BCUT2D eigenvalue weighted by Crippen LogP contribution is 2.46. The summed E-state index contributed by atoms with van der Waals surface area (Å²) in [7, 11) is 0. The molecule has 1 aliphatic heterocycles. The standard InChI is InChI=1S/C48H34N2S/c1-2-38-46(33-14-4-3-5-15-33)49-48(34-23-20-31(21-24-34)36-25-22-30-12-6-7-16-35(30)28-36)50-47(38)44-40-19-11-9-17-37(40)29-42-45(44)43-39-18-10-8-13-32(39)26-27-41(43)51-42/h3-29,38,46H,2H2,1H3. The fraction of sp³-hybridized carbons (Fsp3) is 0.0833. The van der Waals surface area contributed by atoms with Gasteiger partial charge in [-0.15, -0.1) is 11.3 Å². The second-order valence-corrected chi connectivity index (χ2v) is 14.7. The maximum Gasteiger partial charge on any atom is 0.155 e. The van der Waals surface area contributed by atoms with E-state index in [1.54, 1.807) is 0 Å². The first-order valence-corrected chi connectivity index (χ1v) is 18.6. The van der Waals surface area contributed by atoms with Crippen LogP contribution >= 0.6 is 11.3 Å². The summed E-state index contributed by atoms with van der Waals surface area (Å²) in [5, 5.41) is 10.2. The van der Waals surface area contributed by atoms with E-state index in [9.17, 15) is 0 Å². The summed E-state index contributed by atoms with van der Waals surface area (Å²) < 4.78 is 2.61. The molecule has 242 valence electrons. The average Bonchev–Trinajstić information content (AvgIpc) is 3.58. The molecule has 0 N–H and O–H groups in total. The lowest BCUT2D eigenvalue weighted by Crippen LogP contribution is -2.28. The molecule has 0 radical (unpaired) electrons. The monoisotopic (exact) mass is 670 g/mol. The van der Waals surface area contributed by atoms with Gasteiger partial charge < -0.3 is 0 Å². The van der Waals surface area contributed by atoms with Gasteiger partial charge in [0.1, 0.15) is 0 Å². The SMILES string of the molecule is CCC1C(c2c3ccccc3cc3sc4ccc5ccccc5c4c23)=NC(c2ccc(-c3ccc4ccccc4c3)cc2)=NC1c1ccccc1. The number of rotatable bonds is 5. The molecule has 8 aromatic carbocycles.